The number of carbonyl (C=O) groups is 2. The van der Waals surface area contributed by atoms with Crippen molar-refractivity contribution in [2.24, 2.45) is 0 Å². The van der Waals surface area contributed by atoms with Gasteiger partial charge in [0, 0.05) is 13.1 Å². The van der Waals surface area contributed by atoms with Gasteiger partial charge in [0.15, 0.2) is 0 Å². The van der Waals surface area contributed by atoms with E-state index in [0.717, 1.165) is 44.3 Å². The van der Waals surface area contributed by atoms with Gasteiger partial charge < -0.3 is 25.4 Å². The van der Waals surface area contributed by atoms with Crippen LogP contribution in [0.1, 0.15) is 52.0 Å². The number of hydrogen-bond donors (Lipinski definition) is 3. The summed E-state index contributed by atoms with van der Waals surface area (Å²) in [6, 6.07) is 9.61. The van der Waals surface area contributed by atoms with Crippen molar-refractivity contribution in [3.63, 3.8) is 0 Å². The summed E-state index contributed by atoms with van der Waals surface area (Å²) in [5, 5.41) is 8.86. The number of unbranched alkanes of at least 4 members (excludes halogenated alkanes) is 2. The minimum atomic E-state index is -0.459. The van der Waals surface area contributed by atoms with Gasteiger partial charge in [-0.25, -0.2) is 9.59 Å². The van der Waals surface area contributed by atoms with Gasteiger partial charge in [0.05, 0.1) is 0 Å². The summed E-state index contributed by atoms with van der Waals surface area (Å²) in [5.41, 5.74) is 0.516. The molecule has 28 heavy (non-hydrogen) atoms. The number of benzene rings is 1. The fraction of sp³-hybridized carbons (Fsp3) is 0.619. The molecule has 0 spiro atoms. The van der Waals surface area contributed by atoms with Crippen LogP contribution in [0.4, 0.5) is 9.59 Å². The van der Waals surface area contributed by atoms with Crippen LogP contribution < -0.4 is 16.0 Å². The molecule has 7 heteroatoms. The zero-order valence-electron chi connectivity index (χ0n) is 17.4. The Morgan fingerprint density at radius 2 is 1.36 bits per heavy atom. The van der Waals surface area contributed by atoms with Gasteiger partial charge in [0.25, 0.3) is 0 Å². The molecular weight excluding hydrogens is 358 g/mol. The second-order valence-corrected chi connectivity index (χ2v) is 7.58. The lowest BCUT2D eigenvalue weighted by Crippen LogP contribution is -2.33. The van der Waals surface area contributed by atoms with E-state index >= 15 is 0 Å². The van der Waals surface area contributed by atoms with Crippen LogP contribution in [0.3, 0.4) is 0 Å². The first-order valence-electron chi connectivity index (χ1n) is 9.99. The van der Waals surface area contributed by atoms with Crippen molar-refractivity contribution in [2.45, 2.75) is 58.7 Å². The Kier molecular flexibility index (Phi) is 11.7. The van der Waals surface area contributed by atoms with E-state index in [1.165, 1.54) is 0 Å². The second kappa shape index (κ2) is 13.8. The highest BCUT2D eigenvalue weighted by Crippen LogP contribution is 2.06. The Morgan fingerprint density at radius 1 is 0.821 bits per heavy atom. The molecule has 0 radical (unpaired) electrons. The highest BCUT2D eigenvalue weighted by Gasteiger charge is 2.15. The molecule has 0 aromatic heterocycles. The molecule has 0 atom stereocenters. The Labute approximate surface area is 168 Å². The van der Waals surface area contributed by atoms with Gasteiger partial charge in [-0.05, 0) is 65.1 Å². The lowest BCUT2D eigenvalue weighted by molar-refractivity contribution is 0.0527. The summed E-state index contributed by atoms with van der Waals surface area (Å²) < 4.78 is 10.3. The minimum absolute atomic E-state index is 0.289. The van der Waals surface area contributed by atoms with E-state index in [1.807, 2.05) is 51.1 Å². The average molecular weight is 394 g/mol. The van der Waals surface area contributed by atoms with Gasteiger partial charge in [-0.2, -0.15) is 0 Å². The Hall–Kier alpha value is -2.28. The summed E-state index contributed by atoms with van der Waals surface area (Å²) in [7, 11) is 0. The van der Waals surface area contributed by atoms with Gasteiger partial charge in [-0.1, -0.05) is 30.3 Å². The van der Waals surface area contributed by atoms with Crippen LogP contribution in [0.15, 0.2) is 30.3 Å². The Morgan fingerprint density at radius 3 is 1.93 bits per heavy atom. The largest absolute Gasteiger partial charge is 0.445 e. The fourth-order valence-electron chi connectivity index (χ4n) is 2.34. The minimum Gasteiger partial charge on any atom is -0.445 e. The maximum atomic E-state index is 11.6. The molecule has 0 bridgehead atoms. The number of hydrogen-bond acceptors (Lipinski definition) is 5. The fourth-order valence-corrected chi connectivity index (χ4v) is 2.34. The molecule has 3 N–H and O–H groups in total. The monoisotopic (exact) mass is 393 g/mol. The average Bonchev–Trinajstić information content (AvgIpc) is 2.64. The summed E-state index contributed by atoms with van der Waals surface area (Å²) in [5.74, 6) is 0. The second-order valence-electron chi connectivity index (χ2n) is 7.58. The molecule has 0 aliphatic rings. The summed E-state index contributed by atoms with van der Waals surface area (Å²) >= 11 is 0. The summed E-state index contributed by atoms with van der Waals surface area (Å²) in [4.78, 5) is 23.1. The first kappa shape index (κ1) is 23.8. The molecule has 7 nitrogen and oxygen atoms in total. The van der Waals surface area contributed by atoms with Crippen molar-refractivity contribution in [3.05, 3.63) is 35.9 Å². The number of carbonyl (C=O) groups excluding carboxylic acids is 2. The predicted molar refractivity (Wildman–Crippen MR) is 110 cm³/mol. The first-order valence-corrected chi connectivity index (χ1v) is 9.99. The zero-order chi connectivity index (χ0) is 20.7. The third-order valence-corrected chi connectivity index (χ3v) is 3.71. The van der Waals surface area contributed by atoms with Crippen LogP contribution in [0, 0.1) is 0 Å². The number of rotatable bonds is 12. The summed E-state index contributed by atoms with van der Waals surface area (Å²) in [6.07, 6.45) is 3.02. The van der Waals surface area contributed by atoms with Crippen molar-refractivity contribution in [1.29, 1.82) is 0 Å². The highest BCUT2D eigenvalue weighted by molar-refractivity contribution is 5.67. The standard InChI is InChI=1S/C21H35N3O4/c1-21(2,3)28-20(26)24-16-10-8-14-22-13-7-9-15-23-19(25)27-17-18-11-5-4-6-12-18/h4-6,11-12,22H,7-10,13-17H2,1-3H3,(H,23,25)(H,24,26). The van der Waals surface area contributed by atoms with E-state index < -0.39 is 5.60 Å². The highest BCUT2D eigenvalue weighted by atomic mass is 16.6. The molecule has 0 unspecified atom stereocenters. The molecule has 158 valence electrons. The molecule has 1 aromatic carbocycles. The molecule has 0 saturated heterocycles. The quantitative estimate of drug-likeness (QED) is 0.472. The van der Waals surface area contributed by atoms with Crippen LogP contribution in [0.2, 0.25) is 0 Å². The van der Waals surface area contributed by atoms with Crippen molar-refractivity contribution < 1.29 is 19.1 Å². The molecule has 0 heterocycles. The van der Waals surface area contributed by atoms with Crippen LogP contribution in [-0.2, 0) is 16.1 Å². The molecular formula is C21H35N3O4. The van der Waals surface area contributed by atoms with Crippen LogP contribution in [0.5, 0.6) is 0 Å². The van der Waals surface area contributed by atoms with E-state index in [9.17, 15) is 9.59 Å². The van der Waals surface area contributed by atoms with Gasteiger partial charge in [-0.15, -0.1) is 0 Å². The third-order valence-electron chi connectivity index (χ3n) is 3.71. The van der Waals surface area contributed by atoms with E-state index in [1.54, 1.807) is 0 Å². The molecule has 0 aliphatic carbocycles. The Bertz CT molecular complexity index is 559. The van der Waals surface area contributed by atoms with E-state index in [0.29, 0.717) is 13.1 Å². The number of nitrogens with one attached hydrogen (secondary N) is 3. The van der Waals surface area contributed by atoms with Crippen molar-refractivity contribution in [2.75, 3.05) is 26.2 Å². The maximum Gasteiger partial charge on any atom is 0.407 e. The molecule has 0 aliphatic heterocycles. The molecule has 1 rings (SSSR count). The number of alkyl carbamates (subject to hydrolysis) is 2. The lowest BCUT2D eigenvalue weighted by atomic mass is 10.2. The SMILES string of the molecule is CC(C)(C)OC(=O)NCCCCNCCCCNC(=O)OCc1ccccc1. The van der Waals surface area contributed by atoms with Crippen LogP contribution >= 0.6 is 0 Å². The van der Waals surface area contributed by atoms with Gasteiger partial charge in [0.1, 0.15) is 12.2 Å². The first-order chi connectivity index (χ1) is 13.4. The van der Waals surface area contributed by atoms with Gasteiger partial charge >= 0.3 is 12.2 Å². The van der Waals surface area contributed by atoms with Crippen molar-refractivity contribution in [1.82, 2.24) is 16.0 Å². The normalized spacial score (nSPS) is 11.0. The molecule has 1 aromatic rings. The topological polar surface area (TPSA) is 88.7 Å². The molecule has 0 fully saturated rings. The van der Waals surface area contributed by atoms with E-state index in [4.69, 9.17) is 9.47 Å². The third kappa shape index (κ3) is 13.9. The zero-order valence-corrected chi connectivity index (χ0v) is 17.4. The van der Waals surface area contributed by atoms with Crippen molar-refractivity contribution in [3.8, 4) is 0 Å². The van der Waals surface area contributed by atoms with E-state index in [2.05, 4.69) is 16.0 Å². The van der Waals surface area contributed by atoms with Crippen LogP contribution in [-0.4, -0.2) is 44.0 Å². The number of amides is 2. The Balaban J connectivity index is 1.85. The summed E-state index contributed by atoms with van der Waals surface area (Å²) in [6.45, 7) is 8.86. The molecule has 0 saturated carbocycles. The number of ether oxygens (including phenoxy) is 2. The van der Waals surface area contributed by atoms with E-state index in [-0.39, 0.29) is 18.8 Å². The lowest BCUT2D eigenvalue weighted by Gasteiger charge is -2.19. The van der Waals surface area contributed by atoms with Gasteiger partial charge in [0.2, 0.25) is 0 Å². The predicted octanol–water partition coefficient (Wildman–Crippen LogP) is 3.59. The maximum absolute atomic E-state index is 11.6. The van der Waals surface area contributed by atoms with Gasteiger partial charge in [-0.3, -0.25) is 0 Å². The molecule has 2 amide bonds. The smallest absolute Gasteiger partial charge is 0.407 e. The van der Waals surface area contributed by atoms with Crippen LogP contribution in [0.25, 0.3) is 0 Å². The van der Waals surface area contributed by atoms with Crippen molar-refractivity contribution >= 4 is 12.2 Å².